The van der Waals surface area contributed by atoms with Crippen molar-refractivity contribution in [2.24, 2.45) is 11.8 Å². The third-order valence-corrected chi connectivity index (χ3v) is 6.46. The van der Waals surface area contributed by atoms with Crippen molar-refractivity contribution in [2.75, 3.05) is 19.6 Å². The van der Waals surface area contributed by atoms with Crippen molar-refractivity contribution in [1.82, 2.24) is 4.90 Å². The van der Waals surface area contributed by atoms with E-state index in [9.17, 15) is 19.0 Å². The highest BCUT2D eigenvalue weighted by atomic mass is 19.1. The van der Waals surface area contributed by atoms with E-state index in [0.717, 1.165) is 43.6 Å². The van der Waals surface area contributed by atoms with E-state index in [2.05, 4.69) is 11.8 Å². The van der Waals surface area contributed by atoms with Gasteiger partial charge in [0.2, 0.25) is 0 Å². The Bertz CT molecular complexity index is 825. The zero-order chi connectivity index (χ0) is 19.9. The SMILES string of the molecule is CC(CN1C[C@@H]2CC(O)(Cc3ccc(F)cc3)C[C@@H]2C1)c1ccc(O)c(F)c1. The Kier molecular flexibility index (Phi) is 5.15. The normalized spacial score (nSPS) is 28.4. The predicted octanol–water partition coefficient (Wildman–Crippen LogP) is 4.09. The molecule has 0 spiro atoms. The van der Waals surface area contributed by atoms with Crippen LogP contribution in [0.15, 0.2) is 42.5 Å². The number of hydrogen-bond donors (Lipinski definition) is 2. The molecule has 2 aromatic rings. The molecule has 0 bridgehead atoms. The first kappa shape index (κ1) is 19.3. The quantitative estimate of drug-likeness (QED) is 0.812. The monoisotopic (exact) mass is 387 g/mol. The van der Waals surface area contributed by atoms with Gasteiger partial charge in [-0.05, 0) is 66.0 Å². The average Bonchev–Trinajstić information content (AvgIpc) is 3.13. The topological polar surface area (TPSA) is 43.7 Å². The van der Waals surface area contributed by atoms with Gasteiger partial charge >= 0.3 is 0 Å². The Hall–Kier alpha value is -1.98. The number of hydrogen-bond acceptors (Lipinski definition) is 3. The fourth-order valence-electron chi connectivity index (χ4n) is 5.16. The van der Waals surface area contributed by atoms with E-state index in [4.69, 9.17) is 0 Å². The number of aromatic hydroxyl groups is 1. The van der Waals surface area contributed by atoms with Crippen LogP contribution in [0.4, 0.5) is 8.78 Å². The summed E-state index contributed by atoms with van der Waals surface area (Å²) in [5.74, 6) is -0.0340. The molecule has 1 heterocycles. The third kappa shape index (κ3) is 4.06. The molecule has 0 aromatic heterocycles. The third-order valence-electron chi connectivity index (χ3n) is 6.46. The van der Waals surface area contributed by atoms with Crippen LogP contribution in [0.1, 0.15) is 36.8 Å². The minimum absolute atomic E-state index is 0.173. The van der Waals surface area contributed by atoms with Crippen LogP contribution < -0.4 is 0 Å². The second-order valence-electron chi connectivity index (χ2n) is 8.79. The fourth-order valence-corrected chi connectivity index (χ4v) is 5.16. The van der Waals surface area contributed by atoms with E-state index in [1.54, 1.807) is 18.2 Å². The van der Waals surface area contributed by atoms with Gasteiger partial charge in [-0.3, -0.25) is 0 Å². The number of nitrogens with zero attached hydrogens (tertiary/aromatic N) is 1. The molecule has 5 heteroatoms. The molecule has 0 amide bonds. The standard InChI is InChI=1S/C23H27F2NO2/c1-15(17-4-7-22(27)21(25)8-17)12-26-13-18-10-23(28,11-19(18)14-26)9-16-2-5-20(24)6-3-16/h2-8,15,18-19,27-28H,9-14H2,1H3/t15?,18-,19+,23?. The van der Waals surface area contributed by atoms with Crippen molar-refractivity contribution in [3.63, 3.8) is 0 Å². The molecule has 2 fully saturated rings. The van der Waals surface area contributed by atoms with Gasteiger partial charge in [0.05, 0.1) is 5.60 Å². The van der Waals surface area contributed by atoms with Gasteiger partial charge < -0.3 is 15.1 Å². The average molecular weight is 387 g/mol. The van der Waals surface area contributed by atoms with Gasteiger partial charge in [-0.2, -0.15) is 0 Å². The molecule has 150 valence electrons. The fraction of sp³-hybridized carbons (Fsp3) is 0.478. The number of rotatable bonds is 5. The Morgan fingerprint density at radius 1 is 1.07 bits per heavy atom. The zero-order valence-electron chi connectivity index (χ0n) is 16.1. The molecular formula is C23H27F2NO2. The van der Waals surface area contributed by atoms with Crippen LogP contribution >= 0.6 is 0 Å². The Labute approximate surface area is 164 Å². The highest BCUT2D eigenvalue weighted by Crippen LogP contribution is 2.45. The van der Waals surface area contributed by atoms with Crippen LogP contribution in [0.2, 0.25) is 0 Å². The van der Waals surface area contributed by atoms with Crippen LogP contribution in [0.25, 0.3) is 0 Å². The first-order valence-corrected chi connectivity index (χ1v) is 9.99. The summed E-state index contributed by atoms with van der Waals surface area (Å²) in [4.78, 5) is 2.40. The number of aliphatic hydroxyl groups is 1. The van der Waals surface area contributed by atoms with Crippen molar-refractivity contribution in [3.8, 4) is 5.75 Å². The van der Waals surface area contributed by atoms with Crippen molar-refractivity contribution < 1.29 is 19.0 Å². The number of halogens is 2. The van der Waals surface area contributed by atoms with Gasteiger partial charge in [0.25, 0.3) is 0 Å². The van der Waals surface area contributed by atoms with Crippen molar-refractivity contribution in [2.45, 2.75) is 37.7 Å². The molecule has 1 saturated heterocycles. The number of fused-ring (bicyclic) bond motifs is 1. The Balaban J connectivity index is 1.33. The lowest BCUT2D eigenvalue weighted by Gasteiger charge is -2.27. The number of phenols is 1. The van der Waals surface area contributed by atoms with Gasteiger partial charge in [-0.1, -0.05) is 25.1 Å². The minimum Gasteiger partial charge on any atom is -0.505 e. The number of benzene rings is 2. The van der Waals surface area contributed by atoms with E-state index >= 15 is 0 Å². The maximum absolute atomic E-state index is 13.6. The number of likely N-dealkylation sites (tertiary alicyclic amines) is 1. The number of phenolic OH excluding ortho intramolecular Hbond substituents is 1. The van der Waals surface area contributed by atoms with Crippen molar-refractivity contribution in [1.29, 1.82) is 0 Å². The van der Waals surface area contributed by atoms with Crippen LogP contribution in [0.3, 0.4) is 0 Å². The first-order chi connectivity index (χ1) is 13.3. The molecule has 0 radical (unpaired) electrons. The van der Waals surface area contributed by atoms with Gasteiger partial charge in [0.15, 0.2) is 11.6 Å². The smallest absolute Gasteiger partial charge is 0.165 e. The molecule has 28 heavy (non-hydrogen) atoms. The van der Waals surface area contributed by atoms with E-state index in [1.165, 1.54) is 24.3 Å². The molecule has 4 rings (SSSR count). The lowest BCUT2D eigenvalue weighted by Crippen LogP contribution is -2.33. The van der Waals surface area contributed by atoms with Gasteiger partial charge in [0, 0.05) is 26.1 Å². The van der Waals surface area contributed by atoms with Gasteiger partial charge in [-0.25, -0.2) is 8.78 Å². The maximum Gasteiger partial charge on any atom is 0.165 e. The first-order valence-electron chi connectivity index (χ1n) is 9.99. The van der Waals surface area contributed by atoms with E-state index in [1.807, 2.05) is 0 Å². The van der Waals surface area contributed by atoms with Crippen molar-refractivity contribution in [3.05, 3.63) is 65.2 Å². The molecule has 1 aliphatic carbocycles. The van der Waals surface area contributed by atoms with E-state index in [-0.39, 0.29) is 17.5 Å². The summed E-state index contributed by atoms with van der Waals surface area (Å²) in [6, 6.07) is 11.0. The minimum atomic E-state index is -0.703. The molecule has 2 aromatic carbocycles. The summed E-state index contributed by atoms with van der Waals surface area (Å²) in [7, 11) is 0. The van der Waals surface area contributed by atoms with Crippen LogP contribution in [-0.4, -0.2) is 40.3 Å². The van der Waals surface area contributed by atoms with E-state index < -0.39 is 11.4 Å². The lowest BCUT2D eigenvalue weighted by atomic mass is 9.91. The summed E-state index contributed by atoms with van der Waals surface area (Å²) >= 11 is 0. The zero-order valence-corrected chi connectivity index (χ0v) is 16.1. The van der Waals surface area contributed by atoms with Crippen LogP contribution in [-0.2, 0) is 6.42 Å². The van der Waals surface area contributed by atoms with Crippen molar-refractivity contribution >= 4 is 0 Å². The summed E-state index contributed by atoms with van der Waals surface area (Å²) in [5, 5.41) is 20.4. The molecule has 2 N–H and O–H groups in total. The summed E-state index contributed by atoms with van der Waals surface area (Å²) in [6.07, 6.45) is 2.12. The lowest BCUT2D eigenvalue weighted by molar-refractivity contribution is 0.0353. The molecular weight excluding hydrogens is 360 g/mol. The second kappa shape index (κ2) is 7.45. The molecule has 2 aliphatic rings. The van der Waals surface area contributed by atoms with Crippen LogP contribution in [0.5, 0.6) is 5.75 Å². The largest absolute Gasteiger partial charge is 0.505 e. The Morgan fingerprint density at radius 3 is 2.32 bits per heavy atom. The molecule has 2 unspecified atom stereocenters. The van der Waals surface area contributed by atoms with Gasteiger partial charge in [-0.15, -0.1) is 0 Å². The second-order valence-corrected chi connectivity index (χ2v) is 8.79. The maximum atomic E-state index is 13.6. The molecule has 1 aliphatic heterocycles. The highest BCUT2D eigenvalue weighted by molar-refractivity contribution is 5.30. The molecule has 3 nitrogen and oxygen atoms in total. The summed E-state index contributed by atoms with van der Waals surface area (Å²) in [5.41, 5.74) is 1.16. The Morgan fingerprint density at radius 2 is 1.71 bits per heavy atom. The summed E-state index contributed by atoms with van der Waals surface area (Å²) < 4.78 is 26.7. The van der Waals surface area contributed by atoms with Crippen LogP contribution in [0, 0.1) is 23.5 Å². The van der Waals surface area contributed by atoms with E-state index in [0.29, 0.717) is 18.3 Å². The molecule has 1 saturated carbocycles. The summed E-state index contributed by atoms with van der Waals surface area (Å²) in [6.45, 7) is 4.81. The van der Waals surface area contributed by atoms with Gasteiger partial charge in [0.1, 0.15) is 5.82 Å². The predicted molar refractivity (Wildman–Crippen MR) is 104 cm³/mol. The highest BCUT2D eigenvalue weighted by Gasteiger charge is 2.48. The molecule has 4 atom stereocenters.